The number of hydrogen-bond acceptors (Lipinski definition) is 3. The maximum Gasteiger partial charge on any atom is 0.332 e. The van der Waals surface area contributed by atoms with Crippen LogP contribution >= 0.6 is 0 Å². The summed E-state index contributed by atoms with van der Waals surface area (Å²) in [5.41, 5.74) is -0.211. The third kappa shape index (κ3) is 4.10. The first-order valence-corrected chi connectivity index (χ1v) is 5.05. The van der Waals surface area contributed by atoms with E-state index in [2.05, 4.69) is 5.32 Å². The van der Waals surface area contributed by atoms with E-state index < -0.39 is 29.6 Å². The minimum atomic E-state index is -1.59. The van der Waals surface area contributed by atoms with Crippen LogP contribution in [0, 0.1) is 11.6 Å². The smallest absolute Gasteiger partial charge is 0.332 e. The van der Waals surface area contributed by atoms with Crippen LogP contribution in [0.4, 0.5) is 8.78 Å². The predicted octanol–water partition coefficient (Wildman–Crippen LogP) is 0.530. The molecule has 0 aromatic heterocycles. The molecule has 0 saturated heterocycles. The summed E-state index contributed by atoms with van der Waals surface area (Å²) in [5, 5.41) is 19.5. The molecule has 7 heteroatoms. The zero-order chi connectivity index (χ0) is 13.7. The van der Waals surface area contributed by atoms with Crippen molar-refractivity contribution in [3.8, 4) is 0 Å². The van der Waals surface area contributed by atoms with Gasteiger partial charge >= 0.3 is 5.97 Å². The number of benzene rings is 1. The molecule has 0 aliphatic heterocycles. The largest absolute Gasteiger partial charge is 0.479 e. The second-order valence-electron chi connectivity index (χ2n) is 3.56. The second kappa shape index (κ2) is 6.06. The molecular formula is C11H11F2NO4. The van der Waals surface area contributed by atoms with Gasteiger partial charge in [0.2, 0.25) is 0 Å². The number of halogens is 2. The number of carboxylic acid groups (broad SMARTS) is 1. The second-order valence-corrected chi connectivity index (χ2v) is 3.56. The molecule has 0 heterocycles. The van der Waals surface area contributed by atoms with Gasteiger partial charge in [0.05, 0.1) is 0 Å². The van der Waals surface area contributed by atoms with Gasteiger partial charge in [-0.05, 0) is 12.1 Å². The average molecular weight is 259 g/mol. The Morgan fingerprint density at radius 1 is 1.22 bits per heavy atom. The number of carbonyl (C=O) groups is 2. The monoisotopic (exact) mass is 259 g/mol. The van der Waals surface area contributed by atoms with Crippen LogP contribution in [0.15, 0.2) is 18.2 Å². The fourth-order valence-corrected chi connectivity index (χ4v) is 1.23. The Morgan fingerprint density at radius 3 is 2.28 bits per heavy atom. The van der Waals surface area contributed by atoms with Crippen molar-refractivity contribution in [1.82, 2.24) is 5.32 Å². The highest BCUT2D eigenvalue weighted by Gasteiger charge is 2.14. The predicted molar refractivity (Wildman–Crippen MR) is 57.0 cm³/mol. The van der Waals surface area contributed by atoms with E-state index in [1.54, 1.807) is 0 Å². The zero-order valence-electron chi connectivity index (χ0n) is 9.19. The van der Waals surface area contributed by atoms with Gasteiger partial charge in [0.25, 0.3) is 5.91 Å². The number of carboxylic acids is 1. The minimum absolute atomic E-state index is 0.121. The van der Waals surface area contributed by atoms with Crippen molar-refractivity contribution in [2.24, 2.45) is 0 Å². The van der Waals surface area contributed by atoms with E-state index in [4.69, 9.17) is 10.2 Å². The summed E-state index contributed by atoms with van der Waals surface area (Å²) in [6, 6.07) is 2.34. The summed E-state index contributed by atoms with van der Waals surface area (Å²) in [4.78, 5) is 21.7. The highest BCUT2D eigenvalue weighted by atomic mass is 19.1. The summed E-state index contributed by atoms with van der Waals surface area (Å²) in [5.74, 6) is -3.91. The molecule has 18 heavy (non-hydrogen) atoms. The number of aliphatic carboxylic acids is 1. The molecule has 0 fully saturated rings. The number of amides is 1. The lowest BCUT2D eigenvalue weighted by Gasteiger charge is -2.07. The maximum atomic E-state index is 12.8. The first-order valence-electron chi connectivity index (χ1n) is 5.05. The Labute approximate surface area is 101 Å². The van der Waals surface area contributed by atoms with Crippen LogP contribution in [0.25, 0.3) is 0 Å². The Morgan fingerprint density at radius 2 is 1.78 bits per heavy atom. The lowest BCUT2D eigenvalue weighted by molar-refractivity contribution is -0.146. The van der Waals surface area contributed by atoms with E-state index in [1.807, 2.05) is 0 Å². The first kappa shape index (κ1) is 14.0. The number of rotatable bonds is 5. The summed E-state index contributed by atoms with van der Waals surface area (Å²) >= 11 is 0. The minimum Gasteiger partial charge on any atom is -0.479 e. The number of carbonyl (C=O) groups excluding carboxylic acids is 1. The van der Waals surface area contributed by atoms with Gasteiger partial charge in [-0.3, -0.25) is 4.79 Å². The molecule has 1 rings (SSSR count). The van der Waals surface area contributed by atoms with Gasteiger partial charge in [0.1, 0.15) is 11.6 Å². The van der Waals surface area contributed by atoms with Gasteiger partial charge in [-0.2, -0.15) is 0 Å². The normalized spacial score (nSPS) is 11.9. The highest BCUT2D eigenvalue weighted by Crippen LogP contribution is 2.07. The van der Waals surface area contributed by atoms with Gasteiger partial charge in [0, 0.05) is 24.6 Å². The maximum absolute atomic E-state index is 12.8. The molecule has 1 aromatic rings. The molecule has 0 radical (unpaired) electrons. The number of hydrogen-bond donors (Lipinski definition) is 3. The molecule has 0 aliphatic carbocycles. The van der Waals surface area contributed by atoms with E-state index in [0.29, 0.717) is 6.07 Å². The molecule has 0 spiro atoms. The number of aliphatic hydroxyl groups excluding tert-OH is 1. The summed E-state index contributed by atoms with van der Waals surface area (Å²) in [6.45, 7) is -0.121. The van der Waals surface area contributed by atoms with Crippen molar-refractivity contribution in [1.29, 1.82) is 0 Å². The third-order valence-corrected chi connectivity index (χ3v) is 2.11. The molecule has 5 nitrogen and oxygen atoms in total. The molecule has 3 N–H and O–H groups in total. The van der Waals surface area contributed by atoms with Crippen molar-refractivity contribution in [2.75, 3.05) is 6.54 Å². The standard InChI is InChI=1S/C11H11F2NO4/c12-7-3-6(4-8(13)5-7)10(16)14-2-1-9(15)11(17)18/h3-5,9,15H,1-2H2,(H,14,16)(H,17,18)/t9-/m0/s1. The fraction of sp³-hybridized carbons (Fsp3) is 0.273. The van der Waals surface area contributed by atoms with Gasteiger partial charge in [-0.1, -0.05) is 0 Å². The fourth-order valence-electron chi connectivity index (χ4n) is 1.23. The third-order valence-electron chi connectivity index (χ3n) is 2.11. The lowest BCUT2D eigenvalue weighted by Crippen LogP contribution is -2.30. The molecular weight excluding hydrogens is 248 g/mol. The Bertz CT molecular complexity index is 444. The van der Waals surface area contributed by atoms with Gasteiger partial charge < -0.3 is 15.5 Å². The summed E-state index contributed by atoms with van der Waals surface area (Å²) < 4.78 is 25.6. The van der Waals surface area contributed by atoms with Crippen LogP contribution in [-0.4, -0.2) is 34.7 Å². The van der Waals surface area contributed by atoms with E-state index >= 15 is 0 Å². The molecule has 1 atom stereocenters. The topological polar surface area (TPSA) is 86.6 Å². The van der Waals surface area contributed by atoms with Crippen molar-refractivity contribution in [3.05, 3.63) is 35.4 Å². The van der Waals surface area contributed by atoms with Gasteiger partial charge in [0.15, 0.2) is 6.10 Å². The van der Waals surface area contributed by atoms with Gasteiger partial charge in [-0.15, -0.1) is 0 Å². The Hall–Kier alpha value is -2.02. The van der Waals surface area contributed by atoms with E-state index in [-0.39, 0.29) is 18.5 Å². The molecule has 0 saturated carbocycles. The highest BCUT2D eigenvalue weighted by molar-refractivity contribution is 5.94. The molecule has 1 aromatic carbocycles. The van der Waals surface area contributed by atoms with Crippen LogP contribution in [0.2, 0.25) is 0 Å². The Kier molecular flexibility index (Phi) is 4.73. The van der Waals surface area contributed by atoms with Crippen LogP contribution in [0.3, 0.4) is 0 Å². The SMILES string of the molecule is O=C(NCC[C@H](O)C(=O)O)c1cc(F)cc(F)c1. The van der Waals surface area contributed by atoms with Crippen molar-refractivity contribution >= 4 is 11.9 Å². The quantitative estimate of drug-likeness (QED) is 0.720. The van der Waals surface area contributed by atoms with Crippen LogP contribution in [-0.2, 0) is 4.79 Å². The first-order chi connectivity index (χ1) is 8.40. The lowest BCUT2D eigenvalue weighted by atomic mass is 10.2. The molecule has 1 amide bonds. The molecule has 0 bridgehead atoms. The van der Waals surface area contributed by atoms with Crippen LogP contribution in [0.5, 0.6) is 0 Å². The van der Waals surface area contributed by atoms with Crippen molar-refractivity contribution < 1.29 is 28.6 Å². The number of nitrogens with one attached hydrogen (secondary N) is 1. The van der Waals surface area contributed by atoms with Gasteiger partial charge in [-0.25, -0.2) is 13.6 Å². The van der Waals surface area contributed by atoms with Crippen LogP contribution < -0.4 is 5.32 Å². The molecule has 0 unspecified atom stereocenters. The van der Waals surface area contributed by atoms with Crippen molar-refractivity contribution in [2.45, 2.75) is 12.5 Å². The molecule has 0 aliphatic rings. The summed E-state index contributed by atoms with van der Waals surface area (Å²) in [7, 11) is 0. The summed E-state index contributed by atoms with van der Waals surface area (Å²) in [6.07, 6.45) is -1.78. The molecule has 98 valence electrons. The number of aliphatic hydroxyl groups is 1. The van der Waals surface area contributed by atoms with Crippen LogP contribution in [0.1, 0.15) is 16.8 Å². The van der Waals surface area contributed by atoms with E-state index in [0.717, 1.165) is 12.1 Å². The average Bonchev–Trinajstić information content (AvgIpc) is 2.27. The zero-order valence-corrected chi connectivity index (χ0v) is 9.19. The van der Waals surface area contributed by atoms with E-state index in [1.165, 1.54) is 0 Å². The Balaban J connectivity index is 2.53. The van der Waals surface area contributed by atoms with E-state index in [9.17, 15) is 18.4 Å². The van der Waals surface area contributed by atoms with Crippen molar-refractivity contribution in [3.63, 3.8) is 0 Å².